The number of benzene rings is 1. The first-order valence-corrected chi connectivity index (χ1v) is 6.66. The van der Waals surface area contributed by atoms with Gasteiger partial charge in [-0.15, -0.1) is 0 Å². The van der Waals surface area contributed by atoms with Crippen LogP contribution < -0.4 is 5.84 Å². The molecule has 1 amide bonds. The topological polar surface area (TPSA) is 85.5 Å². The normalized spacial score (nSPS) is 10.3. The number of amides is 1. The fourth-order valence-corrected chi connectivity index (χ4v) is 2.10. The van der Waals surface area contributed by atoms with Crippen LogP contribution >= 0.6 is 0 Å². The van der Waals surface area contributed by atoms with Crippen LogP contribution in [0.25, 0.3) is 10.8 Å². The molecule has 1 aromatic heterocycles. The summed E-state index contributed by atoms with van der Waals surface area (Å²) < 4.78 is 4.61. The minimum absolute atomic E-state index is 0.278. The van der Waals surface area contributed by atoms with Gasteiger partial charge in [-0.1, -0.05) is 24.3 Å². The van der Waals surface area contributed by atoms with E-state index < -0.39 is 6.09 Å². The molecule has 0 spiro atoms. The van der Waals surface area contributed by atoms with Crippen LogP contribution in [0.4, 0.5) is 4.79 Å². The van der Waals surface area contributed by atoms with E-state index in [1.165, 1.54) is 0 Å². The standard InChI is InChI=1S/C15H17N3O3/c16-18(15(20)21-9-8-19)7-3-5-13-11-17-10-12-4-1-2-6-14(12)13/h1-2,4,6,8,10-11H,3,5,7,9,16H2. The third kappa shape index (κ3) is 4.00. The fourth-order valence-electron chi connectivity index (χ4n) is 2.10. The number of rotatable bonds is 6. The monoisotopic (exact) mass is 287 g/mol. The predicted molar refractivity (Wildman–Crippen MR) is 78.4 cm³/mol. The highest BCUT2D eigenvalue weighted by molar-refractivity contribution is 5.84. The smallest absolute Gasteiger partial charge is 0.424 e. The Morgan fingerprint density at radius 3 is 2.95 bits per heavy atom. The highest BCUT2D eigenvalue weighted by Gasteiger charge is 2.10. The molecule has 1 aromatic carbocycles. The zero-order chi connectivity index (χ0) is 15.1. The SMILES string of the molecule is NN(CCCc1cncc2ccccc12)C(=O)OCC=O. The van der Waals surface area contributed by atoms with Crippen molar-refractivity contribution >= 4 is 23.2 Å². The van der Waals surface area contributed by atoms with Crippen LogP contribution in [0.1, 0.15) is 12.0 Å². The van der Waals surface area contributed by atoms with Crippen LogP contribution in [0.15, 0.2) is 36.7 Å². The van der Waals surface area contributed by atoms with Gasteiger partial charge in [-0.25, -0.2) is 15.6 Å². The number of aldehydes is 1. The summed E-state index contributed by atoms with van der Waals surface area (Å²) >= 11 is 0. The van der Waals surface area contributed by atoms with Crippen molar-refractivity contribution in [2.45, 2.75) is 12.8 Å². The first kappa shape index (κ1) is 14.9. The van der Waals surface area contributed by atoms with E-state index in [0.717, 1.165) is 27.8 Å². The van der Waals surface area contributed by atoms with Crippen molar-refractivity contribution in [1.82, 2.24) is 9.99 Å². The third-order valence-electron chi connectivity index (χ3n) is 3.11. The maximum absolute atomic E-state index is 11.4. The van der Waals surface area contributed by atoms with E-state index in [4.69, 9.17) is 5.84 Å². The van der Waals surface area contributed by atoms with Gasteiger partial charge in [-0.3, -0.25) is 9.78 Å². The summed E-state index contributed by atoms with van der Waals surface area (Å²) in [6.45, 7) is 0.0701. The van der Waals surface area contributed by atoms with Gasteiger partial charge in [0.05, 0.1) is 0 Å². The number of carbonyl (C=O) groups excluding carboxylic acids is 2. The molecule has 2 N–H and O–H groups in total. The molecule has 21 heavy (non-hydrogen) atoms. The Bertz CT molecular complexity index is 625. The molecule has 0 saturated heterocycles. The first-order valence-electron chi connectivity index (χ1n) is 6.66. The van der Waals surface area contributed by atoms with Gasteiger partial charge in [0.1, 0.15) is 6.61 Å². The molecule has 0 bridgehead atoms. The van der Waals surface area contributed by atoms with Gasteiger partial charge in [0.2, 0.25) is 0 Å². The zero-order valence-electron chi connectivity index (χ0n) is 11.6. The lowest BCUT2D eigenvalue weighted by Gasteiger charge is -2.15. The van der Waals surface area contributed by atoms with Crippen molar-refractivity contribution in [2.75, 3.05) is 13.2 Å². The molecular weight excluding hydrogens is 270 g/mol. The lowest BCUT2D eigenvalue weighted by Crippen LogP contribution is -2.39. The second-order valence-corrected chi connectivity index (χ2v) is 4.56. The van der Waals surface area contributed by atoms with Crippen molar-refractivity contribution < 1.29 is 14.3 Å². The second-order valence-electron chi connectivity index (χ2n) is 4.56. The highest BCUT2D eigenvalue weighted by atomic mass is 16.6. The Balaban J connectivity index is 1.90. The van der Waals surface area contributed by atoms with Crippen molar-refractivity contribution in [3.05, 3.63) is 42.2 Å². The Hall–Kier alpha value is -2.47. The summed E-state index contributed by atoms with van der Waals surface area (Å²) in [4.78, 5) is 25.7. The molecule has 1 heterocycles. The average Bonchev–Trinajstić information content (AvgIpc) is 2.52. The minimum Gasteiger partial charge on any atom is -0.441 e. The van der Waals surface area contributed by atoms with E-state index in [0.29, 0.717) is 19.3 Å². The summed E-state index contributed by atoms with van der Waals surface area (Å²) in [6, 6.07) is 8.01. The van der Waals surface area contributed by atoms with E-state index in [-0.39, 0.29) is 6.61 Å². The number of hydrazine groups is 1. The number of aryl methyl sites for hydroxylation is 1. The van der Waals surface area contributed by atoms with Crippen LogP contribution in [-0.2, 0) is 16.0 Å². The van der Waals surface area contributed by atoms with E-state index in [9.17, 15) is 9.59 Å². The van der Waals surface area contributed by atoms with Gasteiger partial charge < -0.3 is 4.74 Å². The fraction of sp³-hybridized carbons (Fsp3) is 0.267. The summed E-state index contributed by atoms with van der Waals surface area (Å²) in [5, 5.41) is 3.21. The maximum atomic E-state index is 11.4. The molecule has 6 heteroatoms. The van der Waals surface area contributed by atoms with Gasteiger partial charge in [0.25, 0.3) is 0 Å². The second kappa shape index (κ2) is 7.35. The number of carbonyl (C=O) groups is 2. The number of aromatic nitrogens is 1. The number of hydrogen-bond donors (Lipinski definition) is 1. The summed E-state index contributed by atoms with van der Waals surface area (Å²) in [6.07, 6.45) is 4.90. The highest BCUT2D eigenvalue weighted by Crippen LogP contribution is 2.18. The van der Waals surface area contributed by atoms with Crippen molar-refractivity contribution in [3.8, 4) is 0 Å². The molecule has 0 aliphatic carbocycles. The van der Waals surface area contributed by atoms with Crippen LogP contribution in [0.3, 0.4) is 0 Å². The zero-order valence-corrected chi connectivity index (χ0v) is 11.6. The number of nitrogens with two attached hydrogens (primary N) is 1. The lowest BCUT2D eigenvalue weighted by atomic mass is 10.0. The minimum atomic E-state index is -0.696. The average molecular weight is 287 g/mol. The van der Waals surface area contributed by atoms with Gasteiger partial charge in [0.15, 0.2) is 6.29 Å². The third-order valence-corrected chi connectivity index (χ3v) is 3.11. The van der Waals surface area contributed by atoms with Crippen LogP contribution in [0, 0.1) is 0 Å². The van der Waals surface area contributed by atoms with E-state index >= 15 is 0 Å². The molecule has 110 valence electrons. The number of pyridine rings is 1. The Morgan fingerprint density at radius 2 is 2.14 bits per heavy atom. The van der Waals surface area contributed by atoms with Gasteiger partial charge in [-0.2, -0.15) is 0 Å². The largest absolute Gasteiger partial charge is 0.441 e. The molecule has 0 unspecified atom stereocenters. The summed E-state index contributed by atoms with van der Waals surface area (Å²) in [5.74, 6) is 5.56. The molecule has 0 atom stereocenters. The molecule has 0 fully saturated rings. The number of fused-ring (bicyclic) bond motifs is 1. The molecule has 0 radical (unpaired) electrons. The van der Waals surface area contributed by atoms with Crippen LogP contribution in [-0.4, -0.2) is 35.5 Å². The Morgan fingerprint density at radius 1 is 1.33 bits per heavy atom. The molecule has 0 aliphatic rings. The maximum Gasteiger partial charge on any atom is 0.424 e. The first-order chi connectivity index (χ1) is 10.2. The molecular formula is C15H17N3O3. The van der Waals surface area contributed by atoms with Crippen molar-refractivity contribution in [1.29, 1.82) is 0 Å². The summed E-state index contributed by atoms with van der Waals surface area (Å²) in [5.41, 5.74) is 1.11. The van der Waals surface area contributed by atoms with E-state index in [1.54, 1.807) is 0 Å². The number of ether oxygens (including phenoxy) is 1. The quantitative estimate of drug-likeness (QED) is 0.378. The van der Waals surface area contributed by atoms with E-state index in [2.05, 4.69) is 9.72 Å². The molecule has 2 rings (SSSR count). The van der Waals surface area contributed by atoms with Crippen molar-refractivity contribution in [2.24, 2.45) is 5.84 Å². The lowest BCUT2D eigenvalue weighted by molar-refractivity contribution is -0.110. The van der Waals surface area contributed by atoms with Crippen molar-refractivity contribution in [3.63, 3.8) is 0 Å². The van der Waals surface area contributed by atoms with Gasteiger partial charge >= 0.3 is 6.09 Å². The Kier molecular flexibility index (Phi) is 5.22. The van der Waals surface area contributed by atoms with Gasteiger partial charge in [0, 0.05) is 24.3 Å². The molecule has 0 aliphatic heterocycles. The van der Waals surface area contributed by atoms with E-state index in [1.807, 2.05) is 36.7 Å². The Labute approximate surface area is 122 Å². The van der Waals surface area contributed by atoms with Gasteiger partial charge in [-0.05, 0) is 23.8 Å². The number of nitrogens with zero attached hydrogens (tertiary/aromatic N) is 2. The number of hydrogen-bond acceptors (Lipinski definition) is 5. The summed E-state index contributed by atoms with van der Waals surface area (Å²) in [7, 11) is 0. The molecule has 0 saturated carbocycles. The molecule has 6 nitrogen and oxygen atoms in total. The molecule has 2 aromatic rings. The predicted octanol–water partition coefficient (Wildman–Crippen LogP) is 1.68. The van der Waals surface area contributed by atoms with Crippen LogP contribution in [0.2, 0.25) is 0 Å². The van der Waals surface area contributed by atoms with Crippen LogP contribution in [0.5, 0.6) is 0 Å².